The number of rotatable bonds is 6. The van der Waals surface area contributed by atoms with E-state index in [9.17, 15) is 25.0 Å². The Balaban J connectivity index is 2.21. The first-order chi connectivity index (χ1) is 11.8. The first-order valence-electron chi connectivity index (χ1n) is 7.27. The van der Waals surface area contributed by atoms with E-state index in [4.69, 9.17) is 0 Å². The van der Waals surface area contributed by atoms with E-state index >= 15 is 0 Å². The SMILES string of the molecule is CN(C)C(=O)c1cccc(CNc2ccc([N+](=O)[O-])cc2[N+](=O)[O-])c1. The van der Waals surface area contributed by atoms with Crippen molar-refractivity contribution in [2.24, 2.45) is 0 Å². The molecule has 0 aromatic heterocycles. The maximum Gasteiger partial charge on any atom is 0.299 e. The van der Waals surface area contributed by atoms with Crippen molar-refractivity contribution in [1.29, 1.82) is 0 Å². The van der Waals surface area contributed by atoms with Crippen LogP contribution in [0.4, 0.5) is 17.1 Å². The van der Waals surface area contributed by atoms with Gasteiger partial charge in [-0.1, -0.05) is 12.1 Å². The van der Waals surface area contributed by atoms with Crippen molar-refractivity contribution in [3.05, 3.63) is 73.8 Å². The molecule has 25 heavy (non-hydrogen) atoms. The minimum absolute atomic E-state index is 0.150. The van der Waals surface area contributed by atoms with Gasteiger partial charge in [-0.25, -0.2) is 0 Å². The van der Waals surface area contributed by atoms with Gasteiger partial charge in [-0.05, 0) is 23.8 Å². The van der Waals surface area contributed by atoms with Gasteiger partial charge >= 0.3 is 0 Å². The molecule has 9 nitrogen and oxygen atoms in total. The Bertz CT molecular complexity index is 835. The van der Waals surface area contributed by atoms with Crippen molar-refractivity contribution >= 4 is 23.0 Å². The Morgan fingerprint density at radius 3 is 2.40 bits per heavy atom. The number of amides is 1. The summed E-state index contributed by atoms with van der Waals surface area (Å²) in [6.45, 7) is 0.229. The highest BCUT2D eigenvalue weighted by Gasteiger charge is 2.19. The van der Waals surface area contributed by atoms with Gasteiger partial charge in [-0.15, -0.1) is 0 Å². The lowest BCUT2D eigenvalue weighted by Crippen LogP contribution is -2.21. The molecule has 1 amide bonds. The molecule has 0 radical (unpaired) electrons. The van der Waals surface area contributed by atoms with Gasteiger partial charge in [0.2, 0.25) is 0 Å². The molecule has 0 aliphatic heterocycles. The molecule has 0 atom stereocenters. The van der Waals surface area contributed by atoms with Crippen LogP contribution in [0.1, 0.15) is 15.9 Å². The fraction of sp³-hybridized carbons (Fsp3) is 0.188. The van der Waals surface area contributed by atoms with Gasteiger partial charge in [0.25, 0.3) is 17.3 Å². The molecule has 2 aromatic carbocycles. The molecule has 0 unspecified atom stereocenters. The summed E-state index contributed by atoms with van der Waals surface area (Å²) in [4.78, 5) is 33.9. The Morgan fingerprint density at radius 1 is 1.08 bits per heavy atom. The third-order valence-corrected chi connectivity index (χ3v) is 3.45. The monoisotopic (exact) mass is 344 g/mol. The minimum atomic E-state index is -0.687. The predicted molar refractivity (Wildman–Crippen MR) is 91.5 cm³/mol. The van der Waals surface area contributed by atoms with Crippen molar-refractivity contribution in [3.63, 3.8) is 0 Å². The lowest BCUT2D eigenvalue weighted by molar-refractivity contribution is -0.393. The molecule has 130 valence electrons. The van der Waals surface area contributed by atoms with E-state index in [0.29, 0.717) is 5.56 Å². The van der Waals surface area contributed by atoms with Crippen LogP contribution in [0.15, 0.2) is 42.5 Å². The van der Waals surface area contributed by atoms with Gasteiger partial charge in [0, 0.05) is 32.3 Å². The van der Waals surface area contributed by atoms with E-state index in [1.807, 2.05) is 0 Å². The molecular formula is C16H16N4O5. The van der Waals surface area contributed by atoms with Crippen LogP contribution in [0.25, 0.3) is 0 Å². The highest BCUT2D eigenvalue weighted by Crippen LogP contribution is 2.29. The van der Waals surface area contributed by atoms with E-state index in [-0.39, 0.29) is 29.5 Å². The van der Waals surface area contributed by atoms with E-state index in [1.54, 1.807) is 38.4 Å². The van der Waals surface area contributed by atoms with Crippen LogP contribution in [0.3, 0.4) is 0 Å². The fourth-order valence-electron chi connectivity index (χ4n) is 2.20. The van der Waals surface area contributed by atoms with Crippen molar-refractivity contribution in [1.82, 2.24) is 4.90 Å². The smallest absolute Gasteiger partial charge is 0.299 e. The third kappa shape index (κ3) is 4.28. The summed E-state index contributed by atoms with van der Waals surface area (Å²) in [6.07, 6.45) is 0. The summed E-state index contributed by atoms with van der Waals surface area (Å²) >= 11 is 0. The second-order valence-corrected chi connectivity index (χ2v) is 5.47. The number of benzene rings is 2. The summed E-state index contributed by atoms with van der Waals surface area (Å²) in [5, 5.41) is 24.8. The largest absolute Gasteiger partial charge is 0.375 e. The summed E-state index contributed by atoms with van der Waals surface area (Å²) in [7, 11) is 3.29. The summed E-state index contributed by atoms with van der Waals surface area (Å²) < 4.78 is 0. The zero-order chi connectivity index (χ0) is 18.6. The number of nitro benzene ring substituents is 2. The number of carbonyl (C=O) groups excluding carboxylic acids is 1. The summed E-state index contributed by atoms with van der Waals surface area (Å²) in [6, 6.07) is 10.3. The lowest BCUT2D eigenvalue weighted by Gasteiger charge is -2.12. The molecule has 1 N–H and O–H groups in total. The molecule has 0 spiro atoms. The standard InChI is InChI=1S/C16H16N4O5/c1-18(2)16(21)12-5-3-4-11(8-12)10-17-14-7-6-13(19(22)23)9-15(14)20(24)25/h3-9,17H,10H2,1-2H3. The number of nitro groups is 2. The van der Waals surface area contributed by atoms with Gasteiger partial charge in [0.05, 0.1) is 15.9 Å². The first kappa shape index (κ1) is 17.9. The number of carbonyl (C=O) groups is 1. The van der Waals surface area contributed by atoms with Crippen LogP contribution in [0, 0.1) is 20.2 Å². The zero-order valence-corrected chi connectivity index (χ0v) is 13.6. The Labute approximate surface area is 143 Å². The zero-order valence-electron chi connectivity index (χ0n) is 13.6. The number of anilines is 1. The second kappa shape index (κ2) is 7.39. The number of hydrogen-bond acceptors (Lipinski definition) is 6. The lowest BCUT2D eigenvalue weighted by atomic mass is 10.1. The molecule has 0 saturated heterocycles. The molecule has 2 rings (SSSR count). The normalized spacial score (nSPS) is 10.2. The molecule has 0 aliphatic rings. The van der Waals surface area contributed by atoms with E-state index < -0.39 is 9.85 Å². The van der Waals surface area contributed by atoms with Crippen LogP contribution in [-0.4, -0.2) is 34.7 Å². The van der Waals surface area contributed by atoms with Gasteiger partial charge in [0.15, 0.2) is 0 Å². The highest BCUT2D eigenvalue weighted by molar-refractivity contribution is 5.94. The Morgan fingerprint density at radius 2 is 1.80 bits per heavy atom. The van der Waals surface area contributed by atoms with E-state index in [2.05, 4.69) is 5.32 Å². The molecule has 0 saturated carbocycles. The van der Waals surface area contributed by atoms with Crippen molar-refractivity contribution < 1.29 is 14.6 Å². The average molecular weight is 344 g/mol. The second-order valence-electron chi connectivity index (χ2n) is 5.47. The van der Waals surface area contributed by atoms with Crippen LogP contribution in [-0.2, 0) is 6.54 Å². The molecule has 0 fully saturated rings. The number of nitrogens with zero attached hydrogens (tertiary/aromatic N) is 3. The van der Waals surface area contributed by atoms with Gasteiger partial charge < -0.3 is 10.2 Å². The maximum atomic E-state index is 12.0. The van der Waals surface area contributed by atoms with Gasteiger partial charge in [-0.2, -0.15) is 0 Å². The van der Waals surface area contributed by atoms with E-state index in [1.165, 1.54) is 17.0 Å². The molecule has 0 bridgehead atoms. The predicted octanol–water partition coefficient (Wildman–Crippen LogP) is 2.82. The van der Waals surface area contributed by atoms with Crippen LogP contribution in [0.2, 0.25) is 0 Å². The average Bonchev–Trinajstić information content (AvgIpc) is 2.59. The van der Waals surface area contributed by atoms with Crippen LogP contribution in [0.5, 0.6) is 0 Å². The topological polar surface area (TPSA) is 119 Å². The van der Waals surface area contributed by atoms with Gasteiger partial charge in [-0.3, -0.25) is 25.0 Å². The van der Waals surface area contributed by atoms with E-state index in [0.717, 1.165) is 11.6 Å². The molecule has 9 heteroatoms. The quantitative estimate of drug-likeness (QED) is 0.636. The Kier molecular flexibility index (Phi) is 5.28. The van der Waals surface area contributed by atoms with Crippen molar-refractivity contribution in [3.8, 4) is 0 Å². The summed E-state index contributed by atoms with van der Waals surface area (Å²) in [5.41, 5.74) is 0.688. The van der Waals surface area contributed by atoms with Crippen LogP contribution >= 0.6 is 0 Å². The first-order valence-corrected chi connectivity index (χ1v) is 7.27. The number of nitrogens with one attached hydrogen (secondary N) is 1. The molecule has 0 aliphatic carbocycles. The maximum absolute atomic E-state index is 12.0. The summed E-state index contributed by atoms with van der Waals surface area (Å²) in [5.74, 6) is -0.150. The third-order valence-electron chi connectivity index (χ3n) is 3.45. The highest BCUT2D eigenvalue weighted by atomic mass is 16.6. The Hall–Kier alpha value is -3.49. The number of non-ortho nitro benzene ring substituents is 1. The van der Waals surface area contributed by atoms with Gasteiger partial charge in [0.1, 0.15) is 5.69 Å². The van der Waals surface area contributed by atoms with Crippen molar-refractivity contribution in [2.75, 3.05) is 19.4 Å². The molecule has 2 aromatic rings. The minimum Gasteiger partial charge on any atom is -0.375 e. The number of hydrogen-bond donors (Lipinski definition) is 1. The molecule has 0 heterocycles. The van der Waals surface area contributed by atoms with Crippen LogP contribution < -0.4 is 5.32 Å². The van der Waals surface area contributed by atoms with Crippen molar-refractivity contribution in [2.45, 2.75) is 6.54 Å². The molecular weight excluding hydrogens is 328 g/mol. The fourth-order valence-corrected chi connectivity index (χ4v) is 2.20.